The van der Waals surface area contributed by atoms with E-state index in [1.165, 1.54) is 0 Å². The summed E-state index contributed by atoms with van der Waals surface area (Å²) in [6, 6.07) is 7.14. The van der Waals surface area contributed by atoms with E-state index in [1.807, 2.05) is 12.1 Å². The molecule has 5 heteroatoms. The quantitative estimate of drug-likeness (QED) is 0.821. The topological polar surface area (TPSA) is 38.0 Å². The van der Waals surface area contributed by atoms with Gasteiger partial charge in [0.25, 0.3) is 0 Å². The predicted molar refractivity (Wildman–Crippen MR) is 59.7 cm³/mol. The fourth-order valence-electron chi connectivity index (χ4n) is 1.08. The fourth-order valence-corrected chi connectivity index (χ4v) is 1.08. The Labute approximate surface area is 94.2 Å². The molecule has 0 aliphatic carbocycles. The first-order valence-electron chi connectivity index (χ1n) is 3.64. The number of rotatable bonds is 1. The van der Waals surface area contributed by atoms with Crippen molar-refractivity contribution in [1.29, 1.82) is 0 Å². The van der Waals surface area contributed by atoms with E-state index in [1.54, 1.807) is 35.4 Å². The molecule has 0 aliphatic heterocycles. The number of nitrogens with zero attached hydrogens (tertiary/aromatic N) is 2. The van der Waals surface area contributed by atoms with E-state index in [0.717, 1.165) is 5.69 Å². The first-order chi connectivity index (χ1) is 5.88. The van der Waals surface area contributed by atoms with Crippen LogP contribution in [0.25, 0.3) is 5.69 Å². The van der Waals surface area contributed by atoms with E-state index in [2.05, 4.69) is 4.98 Å². The molecular formula is C9H10Cl2N2O. The van der Waals surface area contributed by atoms with E-state index in [-0.39, 0.29) is 30.6 Å². The lowest BCUT2D eigenvalue weighted by Crippen LogP contribution is -1.89. The highest BCUT2D eigenvalue weighted by atomic mass is 35.5. The van der Waals surface area contributed by atoms with Crippen molar-refractivity contribution in [3.05, 3.63) is 43.0 Å². The molecule has 1 aromatic carbocycles. The minimum absolute atomic E-state index is 0. The smallest absolute Gasteiger partial charge is 0.139 e. The summed E-state index contributed by atoms with van der Waals surface area (Å²) in [6.07, 6.45) is 5.11. The maximum Gasteiger partial charge on any atom is 0.139 e. The molecule has 1 aromatic heterocycles. The van der Waals surface area contributed by atoms with Crippen LogP contribution in [0.3, 0.4) is 0 Å². The summed E-state index contributed by atoms with van der Waals surface area (Å²) < 4.78 is 1.76. The van der Waals surface area contributed by atoms with E-state index in [4.69, 9.17) is 0 Å². The number of aromatic hydroxyl groups is 1. The first kappa shape index (κ1) is 12.8. The van der Waals surface area contributed by atoms with Crippen LogP contribution in [0.2, 0.25) is 0 Å². The average molecular weight is 233 g/mol. The zero-order valence-corrected chi connectivity index (χ0v) is 8.83. The van der Waals surface area contributed by atoms with E-state index < -0.39 is 0 Å². The molecule has 0 fully saturated rings. The lowest BCUT2D eigenvalue weighted by Gasteiger charge is -2.02. The van der Waals surface area contributed by atoms with Crippen LogP contribution in [0.5, 0.6) is 5.75 Å². The molecule has 0 radical (unpaired) electrons. The SMILES string of the molecule is Cl.Cl.Oc1ccccc1-n1ccnc1. The number of para-hydroxylation sites is 2. The highest BCUT2D eigenvalue weighted by Crippen LogP contribution is 2.19. The maximum absolute atomic E-state index is 9.43. The Bertz CT molecular complexity index is 376. The van der Waals surface area contributed by atoms with Crippen LogP contribution in [0.4, 0.5) is 0 Å². The minimum atomic E-state index is 0. The molecule has 0 atom stereocenters. The van der Waals surface area contributed by atoms with Crippen molar-refractivity contribution < 1.29 is 5.11 Å². The van der Waals surface area contributed by atoms with Crippen LogP contribution in [0, 0.1) is 0 Å². The second kappa shape index (κ2) is 5.52. The van der Waals surface area contributed by atoms with Crippen LogP contribution >= 0.6 is 24.8 Å². The summed E-state index contributed by atoms with van der Waals surface area (Å²) in [5.74, 6) is 0.260. The number of halogens is 2. The van der Waals surface area contributed by atoms with Gasteiger partial charge in [-0.05, 0) is 12.1 Å². The molecule has 0 saturated heterocycles. The molecule has 1 N–H and O–H groups in total. The Kier molecular flexibility index (Phi) is 5.05. The molecule has 14 heavy (non-hydrogen) atoms. The van der Waals surface area contributed by atoms with Gasteiger partial charge in [-0.15, -0.1) is 24.8 Å². The third-order valence-electron chi connectivity index (χ3n) is 1.66. The van der Waals surface area contributed by atoms with Gasteiger partial charge >= 0.3 is 0 Å². The molecule has 1 heterocycles. The Balaban J connectivity index is 0.000000845. The van der Waals surface area contributed by atoms with Gasteiger partial charge in [-0.3, -0.25) is 0 Å². The number of benzene rings is 1. The van der Waals surface area contributed by atoms with Gasteiger partial charge in [-0.25, -0.2) is 4.98 Å². The highest BCUT2D eigenvalue weighted by molar-refractivity contribution is 5.85. The van der Waals surface area contributed by atoms with Crippen molar-refractivity contribution in [2.45, 2.75) is 0 Å². The van der Waals surface area contributed by atoms with Gasteiger partial charge in [0.15, 0.2) is 0 Å². The summed E-state index contributed by atoms with van der Waals surface area (Å²) in [6.45, 7) is 0. The molecule has 0 aliphatic rings. The molecule has 3 nitrogen and oxygen atoms in total. The van der Waals surface area contributed by atoms with Gasteiger partial charge in [-0.1, -0.05) is 12.1 Å². The van der Waals surface area contributed by atoms with Gasteiger partial charge in [0.05, 0.1) is 12.0 Å². The molecule has 0 bridgehead atoms. The molecule has 0 amide bonds. The average Bonchev–Trinajstić information content (AvgIpc) is 2.57. The van der Waals surface area contributed by atoms with Crippen LogP contribution in [-0.2, 0) is 0 Å². The standard InChI is InChI=1S/C9H8N2O.2ClH/c12-9-4-2-1-3-8(9)11-6-5-10-7-11;;/h1-7,12H;2*1H. The van der Waals surface area contributed by atoms with Gasteiger partial charge in [-0.2, -0.15) is 0 Å². The normalized spacial score (nSPS) is 8.57. The number of hydrogen-bond acceptors (Lipinski definition) is 2. The van der Waals surface area contributed by atoms with Crippen molar-refractivity contribution >= 4 is 24.8 Å². The Morgan fingerprint density at radius 2 is 1.86 bits per heavy atom. The van der Waals surface area contributed by atoms with E-state index >= 15 is 0 Å². The monoisotopic (exact) mass is 232 g/mol. The number of aromatic nitrogens is 2. The second-order valence-corrected chi connectivity index (χ2v) is 2.46. The highest BCUT2D eigenvalue weighted by Gasteiger charge is 1.99. The number of hydrogen-bond donors (Lipinski definition) is 1. The summed E-state index contributed by atoms with van der Waals surface area (Å²) in [5.41, 5.74) is 0.745. The molecular weight excluding hydrogens is 223 g/mol. The minimum Gasteiger partial charge on any atom is -0.506 e. The molecule has 0 unspecified atom stereocenters. The van der Waals surface area contributed by atoms with Crippen molar-refractivity contribution in [3.8, 4) is 11.4 Å². The summed E-state index contributed by atoms with van der Waals surface area (Å²) >= 11 is 0. The number of phenols is 1. The van der Waals surface area contributed by atoms with Crippen molar-refractivity contribution in [2.75, 3.05) is 0 Å². The zero-order chi connectivity index (χ0) is 8.39. The van der Waals surface area contributed by atoms with Crippen molar-refractivity contribution in [2.24, 2.45) is 0 Å². The molecule has 2 aromatic rings. The van der Waals surface area contributed by atoms with Crippen LogP contribution < -0.4 is 0 Å². The van der Waals surface area contributed by atoms with Gasteiger partial charge < -0.3 is 9.67 Å². The van der Waals surface area contributed by atoms with Crippen LogP contribution in [0.1, 0.15) is 0 Å². The van der Waals surface area contributed by atoms with Crippen LogP contribution in [0.15, 0.2) is 43.0 Å². The molecule has 2 rings (SSSR count). The zero-order valence-electron chi connectivity index (χ0n) is 7.20. The van der Waals surface area contributed by atoms with E-state index in [0.29, 0.717) is 0 Å². The molecule has 76 valence electrons. The summed E-state index contributed by atoms with van der Waals surface area (Å²) in [7, 11) is 0. The number of phenolic OH excluding ortho intramolecular Hbond substituents is 1. The maximum atomic E-state index is 9.43. The first-order valence-corrected chi connectivity index (χ1v) is 3.64. The largest absolute Gasteiger partial charge is 0.506 e. The Morgan fingerprint density at radius 1 is 1.14 bits per heavy atom. The number of imidazole rings is 1. The molecule has 0 spiro atoms. The fraction of sp³-hybridized carbons (Fsp3) is 0. The summed E-state index contributed by atoms with van der Waals surface area (Å²) in [5, 5.41) is 9.43. The van der Waals surface area contributed by atoms with Gasteiger partial charge in [0.2, 0.25) is 0 Å². The lowest BCUT2D eigenvalue weighted by molar-refractivity contribution is 0.472. The van der Waals surface area contributed by atoms with E-state index in [9.17, 15) is 5.11 Å². The molecule has 0 saturated carbocycles. The van der Waals surface area contributed by atoms with Crippen molar-refractivity contribution in [1.82, 2.24) is 9.55 Å². The van der Waals surface area contributed by atoms with Gasteiger partial charge in [0, 0.05) is 12.4 Å². The van der Waals surface area contributed by atoms with Crippen LogP contribution in [-0.4, -0.2) is 14.7 Å². The lowest BCUT2D eigenvalue weighted by atomic mass is 10.3. The summed E-state index contributed by atoms with van der Waals surface area (Å²) in [4.78, 5) is 3.89. The third-order valence-corrected chi connectivity index (χ3v) is 1.66. The Morgan fingerprint density at radius 3 is 2.43 bits per heavy atom. The third kappa shape index (κ3) is 2.40. The van der Waals surface area contributed by atoms with Crippen molar-refractivity contribution in [3.63, 3.8) is 0 Å². The Hall–Kier alpha value is -1.19. The predicted octanol–water partition coefficient (Wildman–Crippen LogP) is 2.42. The van der Waals surface area contributed by atoms with Gasteiger partial charge in [0.1, 0.15) is 5.75 Å². The second-order valence-electron chi connectivity index (χ2n) is 2.46.